The second-order valence-electron chi connectivity index (χ2n) is 6.18. The van der Waals surface area contributed by atoms with Crippen LogP contribution in [0.3, 0.4) is 0 Å². The van der Waals surface area contributed by atoms with E-state index in [4.69, 9.17) is 0 Å². The molecule has 0 unspecified atom stereocenters. The summed E-state index contributed by atoms with van der Waals surface area (Å²) in [6.07, 6.45) is -0.998. The summed E-state index contributed by atoms with van der Waals surface area (Å²) in [5.41, 5.74) is 2.36. The average Bonchev–Trinajstić information content (AvgIpc) is 2.56. The maximum Gasteiger partial charge on any atom is 0.156 e. The Balaban J connectivity index is 2.27. The molecule has 2 aromatic carbocycles. The van der Waals surface area contributed by atoms with Gasteiger partial charge in [-0.15, -0.1) is 0 Å². The van der Waals surface area contributed by atoms with Gasteiger partial charge in [-0.25, -0.2) is 0 Å². The summed E-state index contributed by atoms with van der Waals surface area (Å²) < 4.78 is 0. The van der Waals surface area contributed by atoms with Gasteiger partial charge in [0.2, 0.25) is 0 Å². The molecule has 120 valence electrons. The van der Waals surface area contributed by atoms with E-state index in [-0.39, 0.29) is 12.0 Å². The van der Waals surface area contributed by atoms with E-state index in [2.05, 4.69) is 29.2 Å². The Morgan fingerprint density at radius 3 is 1.70 bits per heavy atom. The molecule has 0 aliphatic carbocycles. The molecule has 2 atom stereocenters. The van der Waals surface area contributed by atoms with E-state index in [1.807, 2.05) is 56.3 Å². The first-order chi connectivity index (χ1) is 11.1. The third-order valence-corrected chi connectivity index (χ3v) is 4.02. The first kappa shape index (κ1) is 17.2. The SMILES string of the molecule is CC(C)[C@@H]([C@H](O)C#N)N(Cc1ccccc1)Cc1ccccc1. The maximum atomic E-state index is 10.2. The molecule has 1 N–H and O–H groups in total. The van der Waals surface area contributed by atoms with Crippen LogP contribution in [0, 0.1) is 17.2 Å². The molecule has 0 spiro atoms. The summed E-state index contributed by atoms with van der Waals surface area (Å²) in [6, 6.07) is 22.2. The number of hydrogen-bond donors (Lipinski definition) is 1. The van der Waals surface area contributed by atoms with Gasteiger partial charge < -0.3 is 5.11 Å². The Hall–Kier alpha value is -2.15. The molecule has 23 heavy (non-hydrogen) atoms. The Labute approximate surface area is 138 Å². The number of aliphatic hydroxyl groups is 1. The lowest BCUT2D eigenvalue weighted by molar-refractivity contribution is 0.0434. The highest BCUT2D eigenvalue weighted by Crippen LogP contribution is 2.21. The van der Waals surface area contributed by atoms with Gasteiger partial charge >= 0.3 is 0 Å². The molecule has 0 saturated carbocycles. The Bertz CT molecular complexity index is 578. The van der Waals surface area contributed by atoms with Gasteiger partial charge in [-0.2, -0.15) is 5.26 Å². The standard InChI is InChI=1S/C20H24N2O/c1-16(2)20(19(23)13-21)22(14-17-9-5-3-6-10-17)15-18-11-7-4-8-12-18/h3-12,16,19-20,23H,14-15H2,1-2H3/t19-,20+/m1/s1. The lowest BCUT2D eigenvalue weighted by Gasteiger charge is -2.35. The van der Waals surface area contributed by atoms with Gasteiger partial charge in [0.05, 0.1) is 12.1 Å². The fourth-order valence-corrected chi connectivity index (χ4v) is 2.96. The minimum atomic E-state index is -0.998. The van der Waals surface area contributed by atoms with Gasteiger partial charge in [-0.05, 0) is 17.0 Å². The maximum absolute atomic E-state index is 10.2. The van der Waals surface area contributed by atoms with Crippen LogP contribution in [-0.4, -0.2) is 22.2 Å². The molecule has 0 radical (unpaired) electrons. The fourth-order valence-electron chi connectivity index (χ4n) is 2.96. The number of rotatable bonds is 7. The highest BCUT2D eigenvalue weighted by molar-refractivity contribution is 5.18. The molecule has 0 heterocycles. The quantitative estimate of drug-likeness (QED) is 0.795. The molecule has 3 heteroatoms. The van der Waals surface area contributed by atoms with Crippen molar-refractivity contribution in [3.8, 4) is 6.07 Å². The summed E-state index contributed by atoms with van der Waals surface area (Å²) in [6.45, 7) is 5.51. The predicted molar refractivity (Wildman–Crippen MR) is 92.4 cm³/mol. The first-order valence-electron chi connectivity index (χ1n) is 8.01. The van der Waals surface area contributed by atoms with Crippen molar-refractivity contribution in [2.75, 3.05) is 0 Å². The lowest BCUT2D eigenvalue weighted by Crippen LogP contribution is -2.45. The van der Waals surface area contributed by atoms with Crippen LogP contribution in [0.25, 0.3) is 0 Å². The molecule has 0 amide bonds. The van der Waals surface area contributed by atoms with E-state index in [9.17, 15) is 10.4 Å². The highest BCUT2D eigenvalue weighted by atomic mass is 16.3. The minimum absolute atomic E-state index is 0.178. The highest BCUT2D eigenvalue weighted by Gasteiger charge is 2.29. The monoisotopic (exact) mass is 308 g/mol. The number of benzene rings is 2. The molecule has 0 aliphatic heterocycles. The number of nitriles is 1. The normalized spacial score (nSPS) is 13.7. The molecule has 2 rings (SSSR count). The van der Waals surface area contributed by atoms with Gasteiger partial charge in [0.15, 0.2) is 6.10 Å². The van der Waals surface area contributed by atoms with Gasteiger partial charge in [-0.3, -0.25) is 4.90 Å². The largest absolute Gasteiger partial charge is 0.376 e. The molecule has 0 bridgehead atoms. The van der Waals surface area contributed by atoms with Crippen molar-refractivity contribution < 1.29 is 5.11 Å². The molecule has 0 fully saturated rings. The van der Waals surface area contributed by atoms with Crippen molar-refractivity contribution in [1.82, 2.24) is 4.90 Å². The van der Waals surface area contributed by atoms with Crippen molar-refractivity contribution in [2.45, 2.75) is 39.1 Å². The molecule has 0 saturated heterocycles. The molecule has 0 aromatic heterocycles. The van der Waals surface area contributed by atoms with Crippen LogP contribution in [0.15, 0.2) is 60.7 Å². The van der Waals surface area contributed by atoms with E-state index in [1.54, 1.807) is 0 Å². The third kappa shape index (κ3) is 4.92. The zero-order chi connectivity index (χ0) is 16.7. The number of nitrogens with zero attached hydrogens (tertiary/aromatic N) is 2. The van der Waals surface area contributed by atoms with Crippen molar-refractivity contribution in [3.05, 3.63) is 71.8 Å². The van der Waals surface area contributed by atoms with Crippen molar-refractivity contribution >= 4 is 0 Å². The second kappa shape index (κ2) is 8.47. The van der Waals surface area contributed by atoms with Crippen molar-refractivity contribution in [2.24, 2.45) is 5.92 Å². The van der Waals surface area contributed by atoms with Crippen LogP contribution in [0.1, 0.15) is 25.0 Å². The topological polar surface area (TPSA) is 47.3 Å². The lowest BCUT2D eigenvalue weighted by atomic mass is 9.96. The van der Waals surface area contributed by atoms with Crippen molar-refractivity contribution in [3.63, 3.8) is 0 Å². The molecule has 2 aromatic rings. The van der Waals surface area contributed by atoms with E-state index >= 15 is 0 Å². The van der Waals surface area contributed by atoms with Gasteiger partial charge in [-0.1, -0.05) is 74.5 Å². The number of aliphatic hydroxyl groups excluding tert-OH is 1. The summed E-state index contributed by atoms with van der Waals surface area (Å²) in [7, 11) is 0. The molecular weight excluding hydrogens is 284 g/mol. The third-order valence-electron chi connectivity index (χ3n) is 4.02. The predicted octanol–water partition coefficient (Wildman–Crippen LogP) is 3.60. The van der Waals surface area contributed by atoms with Gasteiger partial charge in [0, 0.05) is 13.1 Å². The summed E-state index contributed by atoms with van der Waals surface area (Å²) in [5, 5.41) is 19.4. The summed E-state index contributed by atoms with van der Waals surface area (Å²) in [5.74, 6) is 0.178. The van der Waals surface area contributed by atoms with E-state index in [0.717, 1.165) is 0 Å². The van der Waals surface area contributed by atoms with Crippen LogP contribution < -0.4 is 0 Å². The van der Waals surface area contributed by atoms with E-state index < -0.39 is 6.10 Å². The van der Waals surface area contributed by atoms with Gasteiger partial charge in [0.25, 0.3) is 0 Å². The molecular formula is C20H24N2O. The van der Waals surface area contributed by atoms with Crippen LogP contribution in [0.4, 0.5) is 0 Å². The summed E-state index contributed by atoms with van der Waals surface area (Å²) in [4.78, 5) is 2.20. The van der Waals surface area contributed by atoms with Crippen LogP contribution in [-0.2, 0) is 13.1 Å². The van der Waals surface area contributed by atoms with Crippen molar-refractivity contribution in [1.29, 1.82) is 5.26 Å². The van der Waals surface area contributed by atoms with Crippen LogP contribution in [0.5, 0.6) is 0 Å². The Morgan fingerprint density at radius 2 is 1.35 bits per heavy atom. The zero-order valence-corrected chi connectivity index (χ0v) is 13.8. The fraction of sp³-hybridized carbons (Fsp3) is 0.350. The van der Waals surface area contributed by atoms with E-state index in [1.165, 1.54) is 11.1 Å². The average molecular weight is 308 g/mol. The van der Waals surface area contributed by atoms with Crippen LogP contribution in [0.2, 0.25) is 0 Å². The Morgan fingerprint density at radius 1 is 0.913 bits per heavy atom. The first-order valence-corrected chi connectivity index (χ1v) is 8.01. The Kier molecular flexibility index (Phi) is 6.34. The molecule has 0 aliphatic rings. The van der Waals surface area contributed by atoms with Crippen LogP contribution >= 0.6 is 0 Å². The molecule has 3 nitrogen and oxygen atoms in total. The number of hydrogen-bond acceptors (Lipinski definition) is 3. The minimum Gasteiger partial charge on any atom is -0.376 e. The zero-order valence-electron chi connectivity index (χ0n) is 13.8. The smallest absolute Gasteiger partial charge is 0.156 e. The second-order valence-corrected chi connectivity index (χ2v) is 6.18. The summed E-state index contributed by atoms with van der Waals surface area (Å²) >= 11 is 0. The van der Waals surface area contributed by atoms with Gasteiger partial charge in [0.1, 0.15) is 0 Å². The van der Waals surface area contributed by atoms with E-state index in [0.29, 0.717) is 13.1 Å².